The van der Waals surface area contributed by atoms with Gasteiger partial charge in [-0.15, -0.1) is 0 Å². The fourth-order valence-corrected chi connectivity index (χ4v) is 24.7. The Balaban J connectivity index is 0.937. The summed E-state index contributed by atoms with van der Waals surface area (Å²) in [5.74, 6) is 4.33. The molecule has 3 aliphatic rings. The SMILES string of the molecule is CC(C)(C)c1cc(-c2cc(C(C)(C)C)cc(-c3ccccc3)c2N2CN(c3cccc(Oc4c[c]5c6c7[c](cccc7n(-c7cc(C(C)(C)C)ccn7)c6c4)[Ge]54[c]5ccccc5Oc5cccc[c]54)c3)c3ccccc32)cc(C(C)(C)C)c1. The summed E-state index contributed by atoms with van der Waals surface area (Å²) in [6.07, 6.45) is 1.97. The van der Waals surface area contributed by atoms with Gasteiger partial charge in [0, 0.05) is 0 Å². The van der Waals surface area contributed by atoms with Crippen LogP contribution in [0, 0.1) is 0 Å². The Morgan fingerprint density at radius 3 is 1.63 bits per heavy atom. The minimum Gasteiger partial charge on any atom is -0.0561 e. The summed E-state index contributed by atoms with van der Waals surface area (Å²) < 4.78 is 22.0. The van der Waals surface area contributed by atoms with E-state index in [2.05, 4.69) is 298 Å². The largest absolute Gasteiger partial charge is 0.0561 e. The minimum atomic E-state index is -3.80. The number of hydrogen-bond donors (Lipinski definition) is 0. The van der Waals surface area contributed by atoms with Crippen molar-refractivity contribution in [1.82, 2.24) is 9.55 Å². The van der Waals surface area contributed by atoms with Crippen molar-refractivity contribution in [1.29, 1.82) is 0 Å². The molecule has 412 valence electrons. The topological polar surface area (TPSA) is 42.8 Å². The second kappa shape index (κ2) is 18.8. The van der Waals surface area contributed by atoms with Crippen LogP contribution in [0.5, 0.6) is 23.0 Å². The van der Waals surface area contributed by atoms with Gasteiger partial charge < -0.3 is 0 Å². The molecule has 1 spiro atoms. The van der Waals surface area contributed by atoms with Crippen molar-refractivity contribution in [2.75, 3.05) is 16.5 Å². The number of para-hydroxylation sites is 4. The first kappa shape index (κ1) is 52.7. The fourth-order valence-electron chi connectivity index (χ4n) is 13.3. The molecule has 9 aromatic carbocycles. The minimum absolute atomic E-state index is 0.0591. The third-order valence-electron chi connectivity index (χ3n) is 17.7. The van der Waals surface area contributed by atoms with Gasteiger partial charge in [0.25, 0.3) is 0 Å². The third-order valence-corrected chi connectivity index (χ3v) is 27.9. The monoisotopic (exact) mass is 1150 g/mol. The number of fused-ring (bicyclic) bond motifs is 7. The molecular formula is C76H72GeN4O2. The third kappa shape index (κ3) is 8.53. The van der Waals surface area contributed by atoms with Gasteiger partial charge in [-0.05, 0) is 56.2 Å². The molecule has 0 aliphatic carbocycles. The van der Waals surface area contributed by atoms with Crippen LogP contribution in [-0.4, -0.2) is 29.5 Å². The molecule has 0 N–H and O–H groups in total. The number of pyridine rings is 1. The Labute approximate surface area is 492 Å². The van der Waals surface area contributed by atoms with Crippen molar-refractivity contribution in [3.63, 3.8) is 0 Å². The van der Waals surface area contributed by atoms with E-state index < -0.39 is 13.3 Å². The maximum absolute atomic E-state index is 7.39. The van der Waals surface area contributed by atoms with Crippen molar-refractivity contribution in [3.05, 3.63) is 229 Å². The normalized spacial score (nSPS) is 14.4. The number of hydrogen-bond acceptors (Lipinski definition) is 5. The van der Waals surface area contributed by atoms with Gasteiger partial charge in [-0.3, -0.25) is 0 Å². The van der Waals surface area contributed by atoms with Gasteiger partial charge in [0.2, 0.25) is 0 Å². The van der Waals surface area contributed by atoms with Crippen LogP contribution in [0.4, 0.5) is 22.7 Å². The average molecular weight is 1150 g/mol. The Hall–Kier alpha value is -8.33. The van der Waals surface area contributed by atoms with E-state index in [-0.39, 0.29) is 21.7 Å². The molecule has 0 bridgehead atoms. The summed E-state index contributed by atoms with van der Waals surface area (Å²) >= 11 is -3.80. The molecule has 0 atom stereocenters. The van der Waals surface area contributed by atoms with Crippen molar-refractivity contribution in [3.8, 4) is 51.1 Å². The van der Waals surface area contributed by atoms with Crippen LogP contribution in [-0.2, 0) is 21.7 Å². The van der Waals surface area contributed by atoms with E-state index in [1.54, 1.807) is 0 Å². The zero-order valence-corrected chi connectivity index (χ0v) is 52.0. The van der Waals surface area contributed by atoms with Gasteiger partial charge >= 0.3 is 328 Å². The zero-order chi connectivity index (χ0) is 57.5. The smallest absolute Gasteiger partial charge is 0.0132 e. The van der Waals surface area contributed by atoms with E-state index in [1.807, 2.05) is 6.20 Å². The molecule has 6 nitrogen and oxygen atoms in total. The number of ether oxygens (including phenoxy) is 2. The molecule has 5 heterocycles. The summed E-state index contributed by atoms with van der Waals surface area (Å²) in [6, 6.07) is 74.5. The molecule has 11 aromatic rings. The Morgan fingerprint density at radius 1 is 0.422 bits per heavy atom. The van der Waals surface area contributed by atoms with Crippen molar-refractivity contribution < 1.29 is 9.47 Å². The van der Waals surface area contributed by atoms with E-state index >= 15 is 0 Å². The molecule has 2 aromatic heterocycles. The number of aromatic nitrogens is 2. The first-order chi connectivity index (χ1) is 39.7. The summed E-state index contributed by atoms with van der Waals surface area (Å²) in [5, 5.41) is 2.59. The van der Waals surface area contributed by atoms with Crippen LogP contribution in [0.25, 0.3) is 49.9 Å². The van der Waals surface area contributed by atoms with E-state index in [0.717, 1.165) is 56.9 Å². The van der Waals surface area contributed by atoms with Crippen molar-refractivity contribution in [2.24, 2.45) is 0 Å². The first-order valence-electron chi connectivity index (χ1n) is 29.4. The van der Waals surface area contributed by atoms with Gasteiger partial charge in [-0.25, -0.2) is 0 Å². The number of nitrogens with zero attached hydrogens (tertiary/aromatic N) is 4. The molecule has 0 unspecified atom stereocenters. The molecule has 0 radical (unpaired) electrons. The fraction of sp³-hybridized carbons (Fsp3) is 0.224. The molecule has 3 aliphatic heterocycles. The Kier molecular flexibility index (Phi) is 12.0. The molecular weight excluding hydrogens is 1070 g/mol. The molecule has 0 fully saturated rings. The summed E-state index contributed by atoms with van der Waals surface area (Å²) in [5.41, 5.74) is 16.5. The van der Waals surface area contributed by atoms with E-state index in [0.29, 0.717) is 6.67 Å². The Bertz CT molecular complexity index is 4350. The summed E-state index contributed by atoms with van der Waals surface area (Å²) in [4.78, 5) is 10.2. The van der Waals surface area contributed by atoms with Crippen molar-refractivity contribution in [2.45, 2.75) is 105 Å². The Morgan fingerprint density at radius 2 is 0.976 bits per heavy atom. The van der Waals surface area contributed by atoms with Gasteiger partial charge in [0.05, 0.1) is 0 Å². The van der Waals surface area contributed by atoms with Crippen LogP contribution in [0.15, 0.2) is 206 Å². The predicted molar refractivity (Wildman–Crippen MR) is 350 cm³/mol. The molecule has 0 saturated carbocycles. The molecule has 0 amide bonds. The van der Waals surface area contributed by atoms with Gasteiger partial charge in [-0.1, -0.05) is 111 Å². The average Bonchev–Trinajstić information content (AvgIpc) is 1.54. The van der Waals surface area contributed by atoms with Gasteiger partial charge in [0.1, 0.15) is 0 Å². The maximum atomic E-state index is 7.39. The van der Waals surface area contributed by atoms with Gasteiger partial charge in [0.15, 0.2) is 0 Å². The van der Waals surface area contributed by atoms with Crippen molar-refractivity contribution >= 4 is 75.4 Å². The van der Waals surface area contributed by atoms with Crippen LogP contribution < -0.4 is 36.9 Å². The second-order valence-electron chi connectivity index (χ2n) is 27.3. The van der Waals surface area contributed by atoms with Crippen LogP contribution in [0.3, 0.4) is 0 Å². The predicted octanol–water partition coefficient (Wildman–Crippen LogP) is 17.5. The summed E-state index contributed by atoms with van der Waals surface area (Å²) in [7, 11) is 0. The maximum Gasteiger partial charge on any atom is -0.0132 e. The molecule has 7 heteroatoms. The van der Waals surface area contributed by atoms with Gasteiger partial charge in [-0.2, -0.15) is 0 Å². The van der Waals surface area contributed by atoms with E-state index in [1.165, 1.54) is 78.6 Å². The molecule has 14 rings (SSSR count). The van der Waals surface area contributed by atoms with Crippen LogP contribution in [0.1, 0.15) is 105 Å². The van der Waals surface area contributed by atoms with E-state index in [9.17, 15) is 0 Å². The molecule has 0 saturated heterocycles. The molecule has 83 heavy (non-hydrogen) atoms. The summed E-state index contributed by atoms with van der Waals surface area (Å²) in [6.45, 7) is 28.4. The standard InChI is InChI=1S/C76H72GeN4O2/c1-73(2,3)50-36-37-78-69(43-50)81-65-33-23-30-61-70(65)71-62(77(61)59-28-16-20-34-67(59)83-68-35-21-17-29-60(68)77)45-56(46-66(71)81)82-55-27-22-26-54(44-55)79-47-80(64-32-19-18-31-63(64)79)72-57(48-24-14-13-15-25-48)41-53(76(10,11)12)42-58(72)49-38-51(74(4,5)6)40-52(39-49)75(7,8)9/h13-46H,47H2,1-12H3. The number of rotatable bonds is 7. The van der Waals surface area contributed by atoms with Crippen LogP contribution >= 0.6 is 0 Å². The first-order valence-corrected chi connectivity index (χ1v) is 33.6. The quantitative estimate of drug-likeness (QED) is 0.149. The second-order valence-corrected chi connectivity index (χ2v) is 35.0. The van der Waals surface area contributed by atoms with Crippen LogP contribution in [0.2, 0.25) is 0 Å². The number of anilines is 4. The van der Waals surface area contributed by atoms with E-state index in [4.69, 9.17) is 14.5 Å². The zero-order valence-electron chi connectivity index (χ0n) is 49.9. The number of benzene rings is 9.